The van der Waals surface area contributed by atoms with Gasteiger partial charge in [-0.3, -0.25) is 0 Å². The lowest BCUT2D eigenvalue weighted by atomic mass is 9.93. The molecule has 0 aliphatic carbocycles. The standard InChI is InChI=1S/C14H15N3O/c15-14-16-6-5-12(17-14)8-10-7-11-3-1-2-4-13(11)18-9-10/h1-6,10H,7-9H2,(H2,15,16,17)/t10-/m1/s1. The van der Waals surface area contributed by atoms with Gasteiger partial charge in [0, 0.05) is 17.8 Å². The van der Waals surface area contributed by atoms with Gasteiger partial charge in [-0.25, -0.2) is 9.97 Å². The second-order valence-electron chi connectivity index (χ2n) is 4.60. The van der Waals surface area contributed by atoms with Crippen LogP contribution in [0.4, 0.5) is 5.95 Å². The highest BCUT2D eigenvalue weighted by molar-refractivity contribution is 5.35. The van der Waals surface area contributed by atoms with Crippen molar-refractivity contribution < 1.29 is 4.74 Å². The van der Waals surface area contributed by atoms with Crippen LogP contribution in [0.3, 0.4) is 0 Å². The molecule has 2 heterocycles. The topological polar surface area (TPSA) is 61.0 Å². The van der Waals surface area contributed by atoms with E-state index >= 15 is 0 Å². The van der Waals surface area contributed by atoms with E-state index in [-0.39, 0.29) is 0 Å². The lowest BCUT2D eigenvalue weighted by Crippen LogP contribution is -2.23. The Labute approximate surface area is 106 Å². The van der Waals surface area contributed by atoms with Crippen molar-refractivity contribution in [3.63, 3.8) is 0 Å². The third-order valence-corrected chi connectivity index (χ3v) is 3.19. The first-order valence-electron chi connectivity index (χ1n) is 6.09. The Balaban J connectivity index is 1.73. The minimum Gasteiger partial charge on any atom is -0.493 e. The Morgan fingerprint density at radius 3 is 3.06 bits per heavy atom. The molecule has 92 valence electrons. The van der Waals surface area contributed by atoms with Crippen LogP contribution in [0.1, 0.15) is 11.3 Å². The maximum atomic E-state index is 5.76. The van der Waals surface area contributed by atoms with Crippen molar-refractivity contribution in [2.75, 3.05) is 12.3 Å². The number of para-hydroxylation sites is 1. The summed E-state index contributed by atoms with van der Waals surface area (Å²) in [6, 6.07) is 10.1. The van der Waals surface area contributed by atoms with Gasteiger partial charge in [-0.2, -0.15) is 0 Å². The molecule has 1 aromatic heterocycles. The fourth-order valence-electron chi connectivity index (χ4n) is 2.34. The van der Waals surface area contributed by atoms with E-state index in [0.29, 0.717) is 11.9 Å². The van der Waals surface area contributed by atoms with Gasteiger partial charge >= 0.3 is 0 Å². The molecule has 1 aliphatic heterocycles. The highest BCUT2D eigenvalue weighted by Crippen LogP contribution is 2.28. The van der Waals surface area contributed by atoms with Gasteiger partial charge in [-0.1, -0.05) is 18.2 Å². The summed E-state index contributed by atoms with van der Waals surface area (Å²) in [6.45, 7) is 0.737. The fourth-order valence-corrected chi connectivity index (χ4v) is 2.34. The molecule has 0 saturated carbocycles. The summed E-state index contributed by atoms with van der Waals surface area (Å²) in [5.74, 6) is 1.80. The quantitative estimate of drug-likeness (QED) is 0.871. The van der Waals surface area contributed by atoms with Crippen LogP contribution in [0.5, 0.6) is 5.75 Å². The van der Waals surface area contributed by atoms with E-state index < -0.39 is 0 Å². The average Bonchev–Trinajstić information content (AvgIpc) is 2.39. The van der Waals surface area contributed by atoms with Crippen LogP contribution >= 0.6 is 0 Å². The number of benzene rings is 1. The number of hydrogen-bond donors (Lipinski definition) is 1. The van der Waals surface area contributed by atoms with E-state index in [0.717, 1.165) is 30.9 Å². The number of fused-ring (bicyclic) bond motifs is 1. The average molecular weight is 241 g/mol. The molecule has 4 nitrogen and oxygen atoms in total. The zero-order valence-corrected chi connectivity index (χ0v) is 10.0. The van der Waals surface area contributed by atoms with Crippen molar-refractivity contribution >= 4 is 5.95 Å². The van der Waals surface area contributed by atoms with Gasteiger partial charge in [0.05, 0.1) is 6.61 Å². The van der Waals surface area contributed by atoms with Crippen molar-refractivity contribution in [1.29, 1.82) is 0 Å². The lowest BCUT2D eigenvalue weighted by molar-refractivity contribution is 0.220. The summed E-state index contributed by atoms with van der Waals surface area (Å²) in [5.41, 5.74) is 7.84. The summed E-state index contributed by atoms with van der Waals surface area (Å²) in [7, 11) is 0. The van der Waals surface area contributed by atoms with Crippen molar-refractivity contribution in [1.82, 2.24) is 9.97 Å². The number of aromatic nitrogens is 2. The minimum atomic E-state index is 0.338. The summed E-state index contributed by atoms with van der Waals surface area (Å²) in [4.78, 5) is 8.14. The Morgan fingerprint density at radius 1 is 1.28 bits per heavy atom. The van der Waals surface area contributed by atoms with Gasteiger partial charge in [0.25, 0.3) is 0 Å². The third kappa shape index (κ3) is 2.27. The highest BCUT2D eigenvalue weighted by atomic mass is 16.5. The zero-order valence-electron chi connectivity index (χ0n) is 10.0. The fraction of sp³-hybridized carbons (Fsp3) is 0.286. The number of ether oxygens (including phenoxy) is 1. The predicted molar refractivity (Wildman–Crippen MR) is 69.3 cm³/mol. The largest absolute Gasteiger partial charge is 0.493 e. The third-order valence-electron chi connectivity index (χ3n) is 3.19. The van der Waals surface area contributed by atoms with Crippen LogP contribution in [0.15, 0.2) is 36.5 Å². The van der Waals surface area contributed by atoms with Gasteiger partial charge in [0.2, 0.25) is 5.95 Å². The number of nitrogens with two attached hydrogens (primary N) is 1. The second kappa shape index (κ2) is 4.64. The first-order chi connectivity index (χ1) is 8.81. The number of hydrogen-bond acceptors (Lipinski definition) is 4. The number of nitrogen functional groups attached to an aromatic ring is 1. The van der Waals surface area contributed by atoms with E-state index in [2.05, 4.69) is 16.0 Å². The maximum Gasteiger partial charge on any atom is 0.220 e. The SMILES string of the molecule is Nc1nccc(C[C@@H]2COc3ccccc3C2)n1. The summed E-state index contributed by atoms with van der Waals surface area (Å²) >= 11 is 0. The van der Waals surface area contributed by atoms with E-state index in [4.69, 9.17) is 10.5 Å². The first kappa shape index (κ1) is 11.0. The van der Waals surface area contributed by atoms with Gasteiger partial charge in [-0.15, -0.1) is 0 Å². The molecule has 0 bridgehead atoms. The van der Waals surface area contributed by atoms with Crippen LogP contribution in [-0.4, -0.2) is 16.6 Å². The van der Waals surface area contributed by atoms with Crippen LogP contribution in [0.25, 0.3) is 0 Å². The molecule has 4 heteroatoms. The predicted octanol–water partition coefficient (Wildman–Crippen LogP) is 1.85. The van der Waals surface area contributed by atoms with E-state index in [9.17, 15) is 0 Å². The molecule has 18 heavy (non-hydrogen) atoms. The molecule has 0 amide bonds. The zero-order chi connectivity index (χ0) is 12.4. The monoisotopic (exact) mass is 241 g/mol. The van der Waals surface area contributed by atoms with Gasteiger partial charge < -0.3 is 10.5 Å². The minimum absolute atomic E-state index is 0.338. The molecule has 0 saturated heterocycles. The smallest absolute Gasteiger partial charge is 0.220 e. The van der Waals surface area contributed by atoms with E-state index in [1.807, 2.05) is 24.3 Å². The Bertz CT molecular complexity index is 556. The second-order valence-corrected chi connectivity index (χ2v) is 4.60. The highest BCUT2D eigenvalue weighted by Gasteiger charge is 2.20. The normalized spacial score (nSPS) is 17.9. The van der Waals surface area contributed by atoms with Crippen LogP contribution < -0.4 is 10.5 Å². The van der Waals surface area contributed by atoms with E-state index in [1.165, 1.54) is 5.56 Å². The van der Waals surface area contributed by atoms with Crippen molar-refractivity contribution in [2.24, 2.45) is 5.92 Å². The molecule has 0 unspecified atom stereocenters. The number of rotatable bonds is 2. The summed E-state index contributed by atoms with van der Waals surface area (Å²) in [6.07, 6.45) is 3.61. The Hall–Kier alpha value is -2.10. The molecule has 0 radical (unpaired) electrons. The molecule has 0 fully saturated rings. The molecule has 2 aromatic rings. The Morgan fingerprint density at radius 2 is 2.17 bits per heavy atom. The van der Waals surface area contributed by atoms with Crippen molar-refractivity contribution in [3.8, 4) is 5.75 Å². The number of nitrogens with zero attached hydrogens (tertiary/aromatic N) is 2. The van der Waals surface area contributed by atoms with Gasteiger partial charge in [-0.05, 0) is 30.5 Å². The lowest BCUT2D eigenvalue weighted by Gasteiger charge is -2.24. The summed E-state index contributed by atoms with van der Waals surface area (Å²) in [5, 5.41) is 0. The first-order valence-corrected chi connectivity index (χ1v) is 6.09. The number of anilines is 1. The molecule has 3 rings (SSSR count). The molecular formula is C14H15N3O. The van der Waals surface area contributed by atoms with Gasteiger partial charge in [0.15, 0.2) is 0 Å². The summed E-state index contributed by atoms with van der Waals surface area (Å²) < 4.78 is 5.76. The Kier molecular flexibility index (Phi) is 2.84. The van der Waals surface area contributed by atoms with Crippen LogP contribution in [0.2, 0.25) is 0 Å². The van der Waals surface area contributed by atoms with Crippen molar-refractivity contribution in [3.05, 3.63) is 47.8 Å². The molecule has 2 N–H and O–H groups in total. The molecular weight excluding hydrogens is 226 g/mol. The molecule has 1 aliphatic rings. The van der Waals surface area contributed by atoms with Gasteiger partial charge in [0.1, 0.15) is 5.75 Å². The van der Waals surface area contributed by atoms with Crippen molar-refractivity contribution in [2.45, 2.75) is 12.8 Å². The maximum absolute atomic E-state index is 5.76. The molecule has 1 aromatic carbocycles. The molecule has 1 atom stereocenters. The van der Waals surface area contributed by atoms with Crippen LogP contribution in [-0.2, 0) is 12.8 Å². The molecule has 0 spiro atoms. The van der Waals surface area contributed by atoms with E-state index in [1.54, 1.807) is 6.20 Å². The van der Waals surface area contributed by atoms with Crippen LogP contribution in [0, 0.1) is 5.92 Å².